The number of benzene rings is 1. The summed E-state index contributed by atoms with van der Waals surface area (Å²) in [6, 6.07) is 9.83. The normalized spacial score (nSPS) is 27.6. The van der Waals surface area contributed by atoms with Gasteiger partial charge in [-0.05, 0) is 31.9 Å². The standard InChI is InChI=1S/C17H27N3O/c1-14-6-7-16(13-18-14)20-10-8-19(9-11-20)15-4-3-5-17(12-15)21-2/h3-5,12,14,16,18H,6-11,13H2,1-2H3. The van der Waals surface area contributed by atoms with Crippen LogP contribution in [0.15, 0.2) is 24.3 Å². The van der Waals surface area contributed by atoms with E-state index in [1.54, 1.807) is 7.11 Å². The predicted molar refractivity (Wildman–Crippen MR) is 87.3 cm³/mol. The number of ether oxygens (including phenoxy) is 1. The number of hydrogen-bond donors (Lipinski definition) is 1. The van der Waals surface area contributed by atoms with Gasteiger partial charge in [-0.2, -0.15) is 0 Å². The molecule has 1 aromatic rings. The smallest absolute Gasteiger partial charge is 0.120 e. The van der Waals surface area contributed by atoms with Crippen LogP contribution in [-0.4, -0.2) is 56.8 Å². The summed E-state index contributed by atoms with van der Waals surface area (Å²) in [5.41, 5.74) is 1.28. The number of nitrogens with one attached hydrogen (secondary N) is 1. The first-order chi connectivity index (χ1) is 10.3. The zero-order valence-corrected chi connectivity index (χ0v) is 13.2. The Balaban J connectivity index is 1.55. The van der Waals surface area contributed by atoms with E-state index in [1.807, 2.05) is 6.07 Å². The lowest BCUT2D eigenvalue weighted by Gasteiger charge is -2.42. The predicted octanol–water partition coefficient (Wildman–Crippen LogP) is 1.96. The molecule has 0 aliphatic carbocycles. The fourth-order valence-electron chi connectivity index (χ4n) is 3.45. The summed E-state index contributed by atoms with van der Waals surface area (Å²) in [5.74, 6) is 0.945. The van der Waals surface area contributed by atoms with Crippen LogP contribution in [-0.2, 0) is 0 Å². The first-order valence-corrected chi connectivity index (χ1v) is 8.12. The van der Waals surface area contributed by atoms with Gasteiger partial charge in [0, 0.05) is 56.6 Å². The summed E-state index contributed by atoms with van der Waals surface area (Å²) < 4.78 is 5.33. The Kier molecular flexibility index (Phi) is 4.66. The SMILES string of the molecule is COc1cccc(N2CCN(C3CCC(C)NC3)CC2)c1. The maximum Gasteiger partial charge on any atom is 0.120 e. The van der Waals surface area contributed by atoms with E-state index in [0.717, 1.165) is 44.5 Å². The molecule has 0 aromatic heterocycles. The highest BCUT2D eigenvalue weighted by atomic mass is 16.5. The van der Waals surface area contributed by atoms with Gasteiger partial charge in [-0.3, -0.25) is 4.90 Å². The highest BCUT2D eigenvalue weighted by Gasteiger charge is 2.26. The lowest BCUT2D eigenvalue weighted by Crippen LogP contribution is -2.55. The minimum atomic E-state index is 0.694. The molecule has 2 saturated heterocycles. The second-order valence-electron chi connectivity index (χ2n) is 6.26. The fraction of sp³-hybridized carbons (Fsp3) is 0.647. The van der Waals surface area contributed by atoms with E-state index in [1.165, 1.54) is 18.5 Å². The lowest BCUT2D eigenvalue weighted by atomic mass is 10.00. The van der Waals surface area contributed by atoms with E-state index in [2.05, 4.69) is 40.2 Å². The molecule has 3 rings (SSSR count). The van der Waals surface area contributed by atoms with Crippen molar-refractivity contribution in [3.05, 3.63) is 24.3 Å². The number of anilines is 1. The Hall–Kier alpha value is -1.26. The van der Waals surface area contributed by atoms with Crippen LogP contribution in [0.5, 0.6) is 5.75 Å². The number of piperidine rings is 1. The van der Waals surface area contributed by atoms with Crippen LogP contribution >= 0.6 is 0 Å². The molecular formula is C17H27N3O. The molecule has 2 heterocycles. The van der Waals surface area contributed by atoms with Crippen molar-refractivity contribution in [1.82, 2.24) is 10.2 Å². The lowest BCUT2D eigenvalue weighted by molar-refractivity contribution is 0.146. The molecule has 0 spiro atoms. The van der Waals surface area contributed by atoms with Gasteiger partial charge >= 0.3 is 0 Å². The summed E-state index contributed by atoms with van der Waals surface area (Å²) in [6.07, 6.45) is 2.65. The highest BCUT2D eigenvalue weighted by molar-refractivity contribution is 5.51. The maximum absolute atomic E-state index is 5.33. The molecule has 0 radical (unpaired) electrons. The molecule has 4 heteroatoms. The van der Waals surface area contributed by atoms with Gasteiger partial charge in [-0.25, -0.2) is 0 Å². The molecule has 2 unspecified atom stereocenters. The van der Waals surface area contributed by atoms with Crippen molar-refractivity contribution in [2.24, 2.45) is 0 Å². The summed E-state index contributed by atoms with van der Waals surface area (Å²) in [5, 5.41) is 3.62. The Labute approximate surface area is 128 Å². The molecule has 2 fully saturated rings. The molecule has 2 aliphatic heterocycles. The van der Waals surface area contributed by atoms with Crippen molar-refractivity contribution in [1.29, 1.82) is 0 Å². The van der Waals surface area contributed by atoms with Crippen LogP contribution in [0.2, 0.25) is 0 Å². The van der Waals surface area contributed by atoms with E-state index >= 15 is 0 Å². The van der Waals surface area contributed by atoms with Crippen LogP contribution in [0, 0.1) is 0 Å². The van der Waals surface area contributed by atoms with Crippen molar-refractivity contribution < 1.29 is 4.74 Å². The van der Waals surface area contributed by atoms with Crippen LogP contribution in [0.3, 0.4) is 0 Å². The molecule has 21 heavy (non-hydrogen) atoms. The van der Waals surface area contributed by atoms with Crippen molar-refractivity contribution in [2.45, 2.75) is 31.8 Å². The zero-order chi connectivity index (χ0) is 14.7. The van der Waals surface area contributed by atoms with Gasteiger partial charge < -0.3 is 15.0 Å². The van der Waals surface area contributed by atoms with Crippen LogP contribution < -0.4 is 15.0 Å². The molecule has 2 atom stereocenters. The third-order valence-corrected chi connectivity index (χ3v) is 4.88. The van der Waals surface area contributed by atoms with Gasteiger partial charge in [0.25, 0.3) is 0 Å². The number of methoxy groups -OCH3 is 1. The summed E-state index contributed by atoms with van der Waals surface area (Å²) >= 11 is 0. The fourth-order valence-corrected chi connectivity index (χ4v) is 3.45. The first-order valence-electron chi connectivity index (χ1n) is 8.12. The van der Waals surface area contributed by atoms with Crippen molar-refractivity contribution in [3.8, 4) is 5.75 Å². The molecular weight excluding hydrogens is 262 g/mol. The van der Waals surface area contributed by atoms with E-state index in [0.29, 0.717) is 6.04 Å². The average Bonchev–Trinajstić information content (AvgIpc) is 2.56. The largest absolute Gasteiger partial charge is 0.497 e. The summed E-state index contributed by atoms with van der Waals surface area (Å²) in [7, 11) is 1.73. The minimum Gasteiger partial charge on any atom is -0.497 e. The molecule has 0 saturated carbocycles. The monoisotopic (exact) mass is 289 g/mol. The van der Waals surface area contributed by atoms with Gasteiger partial charge in [0.2, 0.25) is 0 Å². The molecule has 0 amide bonds. The third kappa shape index (κ3) is 3.50. The number of hydrogen-bond acceptors (Lipinski definition) is 4. The van der Waals surface area contributed by atoms with Gasteiger partial charge in [-0.1, -0.05) is 6.07 Å². The quantitative estimate of drug-likeness (QED) is 0.920. The molecule has 4 nitrogen and oxygen atoms in total. The van der Waals surface area contributed by atoms with Crippen LogP contribution in [0.25, 0.3) is 0 Å². The second kappa shape index (κ2) is 6.67. The Bertz CT molecular complexity index is 449. The minimum absolute atomic E-state index is 0.694. The Morgan fingerprint density at radius 2 is 1.95 bits per heavy atom. The summed E-state index contributed by atoms with van der Waals surface area (Å²) in [4.78, 5) is 5.13. The maximum atomic E-state index is 5.33. The topological polar surface area (TPSA) is 27.7 Å². The number of rotatable bonds is 3. The van der Waals surface area contributed by atoms with Gasteiger partial charge in [0.05, 0.1) is 7.11 Å². The van der Waals surface area contributed by atoms with Crippen molar-refractivity contribution in [2.75, 3.05) is 44.7 Å². The van der Waals surface area contributed by atoms with Crippen LogP contribution in [0.4, 0.5) is 5.69 Å². The first kappa shape index (κ1) is 14.7. The molecule has 2 aliphatic rings. The molecule has 0 bridgehead atoms. The summed E-state index contributed by atoms with van der Waals surface area (Å²) in [6.45, 7) is 7.99. The van der Waals surface area contributed by atoms with Gasteiger partial charge in [0.15, 0.2) is 0 Å². The van der Waals surface area contributed by atoms with Gasteiger partial charge in [0.1, 0.15) is 5.75 Å². The second-order valence-corrected chi connectivity index (χ2v) is 6.26. The van der Waals surface area contributed by atoms with E-state index in [-0.39, 0.29) is 0 Å². The van der Waals surface area contributed by atoms with E-state index < -0.39 is 0 Å². The third-order valence-electron chi connectivity index (χ3n) is 4.88. The van der Waals surface area contributed by atoms with Crippen LogP contribution in [0.1, 0.15) is 19.8 Å². The molecule has 1 N–H and O–H groups in total. The Morgan fingerprint density at radius 3 is 2.62 bits per heavy atom. The number of piperazine rings is 1. The average molecular weight is 289 g/mol. The van der Waals surface area contributed by atoms with Crippen molar-refractivity contribution in [3.63, 3.8) is 0 Å². The van der Waals surface area contributed by atoms with Crippen molar-refractivity contribution >= 4 is 5.69 Å². The van der Waals surface area contributed by atoms with E-state index in [9.17, 15) is 0 Å². The highest BCUT2D eigenvalue weighted by Crippen LogP contribution is 2.23. The number of nitrogens with zero attached hydrogens (tertiary/aromatic N) is 2. The molecule has 116 valence electrons. The Morgan fingerprint density at radius 1 is 1.14 bits per heavy atom. The zero-order valence-electron chi connectivity index (χ0n) is 13.2. The van der Waals surface area contributed by atoms with E-state index in [4.69, 9.17) is 4.74 Å². The molecule has 1 aromatic carbocycles. The van der Waals surface area contributed by atoms with Gasteiger partial charge in [-0.15, -0.1) is 0 Å².